The van der Waals surface area contributed by atoms with E-state index in [1.165, 1.54) is 11.3 Å². The van der Waals surface area contributed by atoms with Crippen LogP contribution in [0.4, 0.5) is 5.69 Å². The molecule has 1 aromatic carbocycles. The molecule has 118 valence electrons. The van der Waals surface area contributed by atoms with Crippen molar-refractivity contribution in [1.29, 1.82) is 0 Å². The van der Waals surface area contributed by atoms with Crippen molar-refractivity contribution in [3.05, 3.63) is 64.2 Å². The normalized spacial score (nSPS) is 10.7. The van der Waals surface area contributed by atoms with Gasteiger partial charge < -0.3 is 9.84 Å². The Morgan fingerprint density at radius 2 is 1.79 bits per heavy atom. The Kier molecular flexibility index (Phi) is 3.94. The molecule has 0 spiro atoms. The first-order valence-electron chi connectivity index (χ1n) is 7.12. The molecular formula is C17H11N3O2S2. The van der Waals surface area contributed by atoms with E-state index in [0.717, 1.165) is 16.1 Å². The van der Waals surface area contributed by atoms with Gasteiger partial charge >= 0.3 is 0 Å². The highest BCUT2D eigenvalue weighted by atomic mass is 32.1. The third-order valence-corrected chi connectivity index (χ3v) is 5.03. The zero-order chi connectivity index (χ0) is 16.4. The fraction of sp³-hybridized carbons (Fsp3) is 0. The molecule has 4 rings (SSSR count). The van der Waals surface area contributed by atoms with Crippen LogP contribution in [0.1, 0.15) is 9.67 Å². The lowest BCUT2D eigenvalue weighted by Gasteiger charge is -2.03. The van der Waals surface area contributed by atoms with Gasteiger partial charge in [-0.1, -0.05) is 17.3 Å². The van der Waals surface area contributed by atoms with Crippen molar-refractivity contribution in [2.75, 3.05) is 5.32 Å². The van der Waals surface area contributed by atoms with Crippen molar-refractivity contribution in [2.24, 2.45) is 0 Å². The first-order valence-corrected chi connectivity index (χ1v) is 8.88. The van der Waals surface area contributed by atoms with Gasteiger partial charge in [-0.15, -0.1) is 22.7 Å². The summed E-state index contributed by atoms with van der Waals surface area (Å²) in [4.78, 5) is 18.0. The second kappa shape index (κ2) is 6.38. The predicted octanol–water partition coefficient (Wildman–Crippen LogP) is 4.78. The number of anilines is 1. The van der Waals surface area contributed by atoms with Gasteiger partial charge in [-0.05, 0) is 47.2 Å². The van der Waals surface area contributed by atoms with E-state index in [4.69, 9.17) is 4.52 Å². The van der Waals surface area contributed by atoms with E-state index in [2.05, 4.69) is 15.5 Å². The van der Waals surface area contributed by atoms with Crippen LogP contribution in [0.5, 0.6) is 0 Å². The molecule has 1 N–H and O–H groups in total. The summed E-state index contributed by atoms with van der Waals surface area (Å²) in [6.07, 6.45) is 0. The number of nitrogens with one attached hydrogen (secondary N) is 1. The number of nitrogens with zero attached hydrogens (tertiary/aromatic N) is 2. The minimum absolute atomic E-state index is 0.114. The van der Waals surface area contributed by atoms with Crippen LogP contribution < -0.4 is 5.32 Å². The molecule has 0 aliphatic carbocycles. The zero-order valence-corrected chi connectivity index (χ0v) is 13.9. The molecule has 3 aromatic heterocycles. The second-order valence-electron chi connectivity index (χ2n) is 4.91. The van der Waals surface area contributed by atoms with Crippen LogP contribution in [0.2, 0.25) is 0 Å². The molecule has 4 aromatic rings. The molecule has 0 saturated heterocycles. The largest absolute Gasteiger partial charge is 0.333 e. The maximum atomic E-state index is 12.0. The van der Waals surface area contributed by atoms with E-state index in [-0.39, 0.29) is 5.91 Å². The average Bonchev–Trinajstić information content (AvgIpc) is 3.35. The van der Waals surface area contributed by atoms with Crippen LogP contribution in [0.25, 0.3) is 22.2 Å². The Labute approximate surface area is 145 Å². The minimum atomic E-state index is -0.114. The van der Waals surface area contributed by atoms with E-state index in [0.29, 0.717) is 16.6 Å². The van der Waals surface area contributed by atoms with Crippen molar-refractivity contribution in [2.45, 2.75) is 0 Å². The average molecular weight is 353 g/mol. The summed E-state index contributed by atoms with van der Waals surface area (Å²) >= 11 is 2.96. The second-order valence-corrected chi connectivity index (χ2v) is 6.80. The molecule has 0 radical (unpaired) electrons. The fourth-order valence-electron chi connectivity index (χ4n) is 2.14. The van der Waals surface area contributed by atoms with E-state index < -0.39 is 0 Å². The van der Waals surface area contributed by atoms with Gasteiger partial charge in [0.1, 0.15) is 0 Å². The predicted molar refractivity (Wildman–Crippen MR) is 95.3 cm³/mol. The number of rotatable bonds is 4. The highest BCUT2D eigenvalue weighted by Crippen LogP contribution is 2.26. The number of hydrogen-bond acceptors (Lipinski definition) is 6. The summed E-state index contributed by atoms with van der Waals surface area (Å²) in [5.41, 5.74) is 1.55. The van der Waals surface area contributed by atoms with Crippen molar-refractivity contribution >= 4 is 34.3 Å². The molecule has 5 nitrogen and oxygen atoms in total. The van der Waals surface area contributed by atoms with E-state index in [1.807, 2.05) is 53.2 Å². The van der Waals surface area contributed by atoms with Crippen LogP contribution in [0.3, 0.4) is 0 Å². The van der Waals surface area contributed by atoms with Gasteiger partial charge in [-0.25, -0.2) is 0 Å². The Bertz CT molecular complexity index is 942. The number of carbonyl (C=O) groups excluding carboxylic acids is 1. The van der Waals surface area contributed by atoms with Crippen molar-refractivity contribution < 1.29 is 9.32 Å². The van der Waals surface area contributed by atoms with Gasteiger partial charge in [0.05, 0.1) is 9.75 Å². The molecule has 0 aliphatic heterocycles. The molecule has 0 aliphatic rings. The lowest BCUT2D eigenvalue weighted by atomic mass is 10.2. The highest BCUT2D eigenvalue weighted by Gasteiger charge is 2.12. The van der Waals surface area contributed by atoms with Gasteiger partial charge in [0.2, 0.25) is 5.82 Å². The van der Waals surface area contributed by atoms with E-state index >= 15 is 0 Å². The first-order chi connectivity index (χ1) is 11.8. The van der Waals surface area contributed by atoms with Gasteiger partial charge in [-0.3, -0.25) is 4.79 Å². The number of aromatic nitrogens is 2. The first kappa shape index (κ1) is 14.8. The number of hydrogen-bond donors (Lipinski definition) is 1. The molecule has 0 fully saturated rings. The molecule has 0 saturated carbocycles. The smallest absolute Gasteiger partial charge is 0.268 e. The fourth-order valence-corrected chi connectivity index (χ4v) is 3.41. The lowest BCUT2D eigenvalue weighted by Crippen LogP contribution is -2.09. The topological polar surface area (TPSA) is 68.0 Å². The standard InChI is InChI=1S/C17H11N3O2S2/c21-16(13-3-1-9-23-13)18-12-7-5-11(6-8-12)15-19-17(22-20-15)14-4-2-10-24-14/h1-10H,(H,18,21). The molecule has 24 heavy (non-hydrogen) atoms. The Hall–Kier alpha value is -2.77. The number of benzene rings is 1. The maximum Gasteiger partial charge on any atom is 0.268 e. The molecular weight excluding hydrogens is 342 g/mol. The SMILES string of the molecule is O=C(Nc1ccc(-c2noc(-c3cccs3)n2)cc1)c1cccs1. The van der Waals surface area contributed by atoms with Crippen LogP contribution >= 0.6 is 22.7 Å². The molecule has 0 bridgehead atoms. The molecule has 3 heterocycles. The number of amides is 1. The molecule has 1 amide bonds. The molecule has 7 heteroatoms. The monoisotopic (exact) mass is 353 g/mol. The van der Waals surface area contributed by atoms with Gasteiger partial charge in [-0.2, -0.15) is 4.98 Å². The Balaban J connectivity index is 1.51. The van der Waals surface area contributed by atoms with Crippen molar-refractivity contribution in [3.63, 3.8) is 0 Å². The van der Waals surface area contributed by atoms with Crippen molar-refractivity contribution in [1.82, 2.24) is 10.1 Å². The quantitative estimate of drug-likeness (QED) is 0.573. The summed E-state index contributed by atoms with van der Waals surface area (Å²) in [5.74, 6) is 0.918. The van der Waals surface area contributed by atoms with Crippen LogP contribution in [-0.4, -0.2) is 16.0 Å². The molecule has 0 atom stereocenters. The van der Waals surface area contributed by atoms with Crippen LogP contribution in [0.15, 0.2) is 63.8 Å². The third-order valence-electron chi connectivity index (χ3n) is 3.30. The summed E-state index contributed by atoms with van der Waals surface area (Å²) < 4.78 is 5.29. The van der Waals surface area contributed by atoms with Gasteiger partial charge in [0, 0.05) is 11.3 Å². The minimum Gasteiger partial charge on any atom is -0.333 e. The maximum absolute atomic E-state index is 12.0. The third kappa shape index (κ3) is 2.99. The van der Waals surface area contributed by atoms with Gasteiger partial charge in [0.25, 0.3) is 11.8 Å². The van der Waals surface area contributed by atoms with E-state index in [9.17, 15) is 4.79 Å². The highest BCUT2D eigenvalue weighted by molar-refractivity contribution is 7.13. The van der Waals surface area contributed by atoms with E-state index in [1.54, 1.807) is 17.4 Å². The zero-order valence-electron chi connectivity index (χ0n) is 12.3. The molecule has 0 unspecified atom stereocenters. The number of carbonyl (C=O) groups is 1. The van der Waals surface area contributed by atoms with Crippen molar-refractivity contribution in [3.8, 4) is 22.2 Å². The Morgan fingerprint density at radius 3 is 2.50 bits per heavy atom. The lowest BCUT2D eigenvalue weighted by molar-refractivity contribution is 0.103. The summed E-state index contributed by atoms with van der Waals surface area (Å²) in [7, 11) is 0. The number of thiophene rings is 2. The van der Waals surface area contributed by atoms with Gasteiger partial charge in [0.15, 0.2) is 0 Å². The summed E-state index contributed by atoms with van der Waals surface area (Å²) in [5, 5.41) is 10.7. The summed E-state index contributed by atoms with van der Waals surface area (Å²) in [6, 6.07) is 14.9. The van der Waals surface area contributed by atoms with Crippen LogP contribution in [0, 0.1) is 0 Å². The Morgan fingerprint density at radius 1 is 1.00 bits per heavy atom. The summed E-state index contributed by atoms with van der Waals surface area (Å²) in [6.45, 7) is 0. The van der Waals surface area contributed by atoms with Crippen LogP contribution in [-0.2, 0) is 0 Å².